The Balaban J connectivity index is 1.63. The molecule has 0 aliphatic heterocycles. The van der Waals surface area contributed by atoms with Crippen LogP contribution in [0.25, 0.3) is 5.84 Å². The second kappa shape index (κ2) is 7.79. The number of aromatic nitrogens is 3. The maximum atomic E-state index is 13.0. The van der Waals surface area contributed by atoms with E-state index in [-0.39, 0.29) is 29.4 Å². The summed E-state index contributed by atoms with van der Waals surface area (Å²) in [4.78, 5) is 19.0. The molecule has 0 N–H and O–H groups in total. The molecule has 7 heteroatoms. The number of para-hydroxylation sites is 1. The lowest BCUT2D eigenvalue weighted by Crippen LogP contribution is -2.27. The van der Waals surface area contributed by atoms with Crippen LogP contribution in [0.4, 0.5) is 0 Å². The van der Waals surface area contributed by atoms with Crippen LogP contribution in [0.1, 0.15) is 41.6 Å². The number of amides is 1. The minimum absolute atomic E-state index is 0.00611. The quantitative estimate of drug-likeness (QED) is 0.484. The molecule has 0 saturated heterocycles. The van der Waals surface area contributed by atoms with Gasteiger partial charge >= 0.3 is 11.9 Å². The summed E-state index contributed by atoms with van der Waals surface area (Å²) in [6, 6.07) is 19.3. The van der Waals surface area contributed by atoms with Gasteiger partial charge in [0.05, 0.1) is 5.69 Å². The van der Waals surface area contributed by atoms with Gasteiger partial charge in [-0.1, -0.05) is 62.4 Å². The summed E-state index contributed by atoms with van der Waals surface area (Å²) in [6.07, 6.45) is 0. The second-order valence-corrected chi connectivity index (χ2v) is 7.12. The number of nitrogens with zero attached hydrogens (tertiary/aromatic N) is 4. The molecule has 2 aromatic heterocycles. The molecule has 0 radical (unpaired) electrons. The zero-order chi connectivity index (χ0) is 20.4. The predicted octanol–water partition coefficient (Wildman–Crippen LogP) is 4.51. The fourth-order valence-electron chi connectivity index (χ4n) is 3.14. The predicted molar refractivity (Wildman–Crippen MR) is 108 cm³/mol. The Morgan fingerprint density at radius 2 is 1.76 bits per heavy atom. The Bertz CT molecular complexity index is 1120. The lowest BCUT2D eigenvalue weighted by atomic mass is 10.1. The second-order valence-electron chi connectivity index (χ2n) is 7.12. The minimum Gasteiger partial charge on any atom is -0.423 e. The van der Waals surface area contributed by atoms with Crippen LogP contribution in [0.5, 0.6) is 11.8 Å². The van der Waals surface area contributed by atoms with Crippen molar-refractivity contribution in [3.8, 4) is 11.8 Å². The van der Waals surface area contributed by atoms with Gasteiger partial charge in [0, 0.05) is 13.6 Å². The molecule has 0 saturated carbocycles. The molecule has 7 nitrogen and oxygen atoms in total. The summed E-state index contributed by atoms with van der Waals surface area (Å²) in [5.41, 5.74) is 1.71. The summed E-state index contributed by atoms with van der Waals surface area (Å²) < 4.78 is 13.1. The molecule has 29 heavy (non-hydrogen) atoms. The molecule has 2 heterocycles. The van der Waals surface area contributed by atoms with Crippen LogP contribution < -0.4 is 4.74 Å². The Morgan fingerprint density at radius 1 is 1.10 bits per heavy atom. The highest BCUT2D eigenvalue weighted by atomic mass is 16.5. The minimum atomic E-state index is -0.213. The molecular formula is C22H22N4O3. The Morgan fingerprint density at radius 3 is 2.41 bits per heavy atom. The molecule has 0 atom stereocenters. The first kappa shape index (κ1) is 18.7. The molecule has 0 aliphatic rings. The van der Waals surface area contributed by atoms with Crippen molar-refractivity contribution in [2.24, 2.45) is 0 Å². The van der Waals surface area contributed by atoms with Crippen molar-refractivity contribution in [2.45, 2.75) is 26.3 Å². The number of carbonyl (C=O) groups excluding carboxylic acids is 1. The SMILES string of the molecule is CC(C)c1c(C(=O)N(C)Cc2ccccc2)oc2nc(Oc3ccccc3)nn12. The van der Waals surface area contributed by atoms with E-state index in [1.807, 2.05) is 74.5 Å². The van der Waals surface area contributed by atoms with E-state index in [1.165, 1.54) is 0 Å². The van der Waals surface area contributed by atoms with E-state index in [1.54, 1.807) is 16.5 Å². The normalized spacial score (nSPS) is 11.2. The van der Waals surface area contributed by atoms with Crippen LogP contribution in [0.3, 0.4) is 0 Å². The van der Waals surface area contributed by atoms with Gasteiger partial charge in [0.25, 0.3) is 5.91 Å². The fourth-order valence-corrected chi connectivity index (χ4v) is 3.14. The van der Waals surface area contributed by atoms with E-state index >= 15 is 0 Å². The summed E-state index contributed by atoms with van der Waals surface area (Å²) in [5, 5.41) is 4.39. The molecule has 1 amide bonds. The van der Waals surface area contributed by atoms with E-state index in [9.17, 15) is 4.79 Å². The number of hydrogen-bond acceptors (Lipinski definition) is 5. The van der Waals surface area contributed by atoms with Crippen molar-refractivity contribution in [3.05, 3.63) is 77.7 Å². The number of ether oxygens (including phenoxy) is 1. The number of hydrogen-bond donors (Lipinski definition) is 0. The maximum absolute atomic E-state index is 13.0. The Hall–Kier alpha value is -3.61. The first-order valence-electron chi connectivity index (χ1n) is 9.44. The molecule has 0 aliphatic carbocycles. The van der Waals surface area contributed by atoms with Gasteiger partial charge in [-0.25, -0.2) is 0 Å². The first-order chi connectivity index (χ1) is 14.0. The van der Waals surface area contributed by atoms with Gasteiger partial charge in [-0.15, -0.1) is 10.1 Å². The molecule has 2 aromatic carbocycles. The molecular weight excluding hydrogens is 368 g/mol. The number of benzene rings is 2. The van der Waals surface area contributed by atoms with Crippen LogP contribution in [-0.4, -0.2) is 32.5 Å². The molecule has 148 valence electrons. The van der Waals surface area contributed by atoms with Crippen molar-refractivity contribution >= 4 is 11.8 Å². The fraction of sp³-hybridized carbons (Fsp3) is 0.227. The highest BCUT2D eigenvalue weighted by Crippen LogP contribution is 2.27. The molecule has 0 bridgehead atoms. The molecule has 4 rings (SSSR count). The lowest BCUT2D eigenvalue weighted by Gasteiger charge is -2.17. The topological polar surface area (TPSA) is 72.9 Å². The van der Waals surface area contributed by atoms with Crippen molar-refractivity contribution in [2.75, 3.05) is 7.05 Å². The van der Waals surface area contributed by atoms with Crippen LogP contribution >= 0.6 is 0 Å². The number of fused-ring (bicyclic) bond motifs is 1. The highest BCUT2D eigenvalue weighted by Gasteiger charge is 2.28. The van der Waals surface area contributed by atoms with E-state index in [0.29, 0.717) is 18.0 Å². The summed E-state index contributed by atoms with van der Waals surface area (Å²) >= 11 is 0. The summed E-state index contributed by atoms with van der Waals surface area (Å²) in [7, 11) is 1.75. The summed E-state index contributed by atoms with van der Waals surface area (Å²) in [6.45, 7) is 4.45. The zero-order valence-electron chi connectivity index (χ0n) is 16.6. The van der Waals surface area contributed by atoms with Crippen molar-refractivity contribution in [3.63, 3.8) is 0 Å². The van der Waals surface area contributed by atoms with Crippen LogP contribution in [0.2, 0.25) is 0 Å². The summed E-state index contributed by atoms with van der Waals surface area (Å²) in [5.74, 6) is 0.906. The zero-order valence-corrected chi connectivity index (χ0v) is 16.6. The standard InChI is InChI=1S/C22H22N4O3/c1-15(2)18-19(20(27)25(3)14-16-10-6-4-7-11-16)29-22-23-21(24-26(18)22)28-17-12-8-5-9-13-17/h4-13,15H,14H2,1-3H3. The van der Waals surface area contributed by atoms with Crippen molar-refractivity contribution in [1.82, 2.24) is 19.5 Å². The van der Waals surface area contributed by atoms with E-state index < -0.39 is 0 Å². The Kier molecular flexibility index (Phi) is 5.03. The monoisotopic (exact) mass is 390 g/mol. The van der Waals surface area contributed by atoms with Gasteiger partial charge in [0.1, 0.15) is 5.75 Å². The smallest absolute Gasteiger partial charge is 0.344 e. The Labute approximate surface area is 168 Å². The van der Waals surface area contributed by atoms with E-state index in [2.05, 4.69) is 10.1 Å². The van der Waals surface area contributed by atoms with Gasteiger partial charge in [-0.3, -0.25) is 4.79 Å². The third-order valence-corrected chi connectivity index (χ3v) is 4.51. The number of carbonyl (C=O) groups is 1. The average Bonchev–Trinajstić information content (AvgIpc) is 3.25. The molecule has 0 fully saturated rings. The molecule has 4 aromatic rings. The van der Waals surface area contributed by atoms with Crippen molar-refractivity contribution < 1.29 is 13.9 Å². The van der Waals surface area contributed by atoms with Crippen LogP contribution in [0, 0.1) is 0 Å². The van der Waals surface area contributed by atoms with Crippen molar-refractivity contribution in [1.29, 1.82) is 0 Å². The third-order valence-electron chi connectivity index (χ3n) is 4.51. The van der Waals surface area contributed by atoms with Gasteiger partial charge in [0.2, 0.25) is 5.76 Å². The number of rotatable bonds is 6. The average molecular weight is 390 g/mol. The third kappa shape index (κ3) is 3.85. The lowest BCUT2D eigenvalue weighted by molar-refractivity contribution is 0.0753. The molecule has 0 spiro atoms. The van der Waals surface area contributed by atoms with E-state index in [0.717, 1.165) is 5.56 Å². The largest absolute Gasteiger partial charge is 0.423 e. The van der Waals surface area contributed by atoms with Crippen LogP contribution in [0.15, 0.2) is 65.1 Å². The van der Waals surface area contributed by atoms with Crippen LogP contribution in [-0.2, 0) is 6.54 Å². The van der Waals surface area contributed by atoms with Gasteiger partial charge in [-0.05, 0) is 23.6 Å². The molecule has 0 unspecified atom stereocenters. The maximum Gasteiger partial charge on any atom is 0.344 e. The van der Waals surface area contributed by atoms with Gasteiger partial charge < -0.3 is 14.1 Å². The number of oxazole rings is 1. The van der Waals surface area contributed by atoms with Gasteiger partial charge in [-0.2, -0.15) is 4.52 Å². The van der Waals surface area contributed by atoms with E-state index in [4.69, 9.17) is 9.15 Å². The van der Waals surface area contributed by atoms with Gasteiger partial charge in [0.15, 0.2) is 0 Å². The highest BCUT2D eigenvalue weighted by molar-refractivity contribution is 5.93. The first-order valence-corrected chi connectivity index (χ1v) is 9.44.